The summed E-state index contributed by atoms with van der Waals surface area (Å²) in [5.41, 5.74) is 3.76. The number of aryl methyl sites for hydroxylation is 1. The molecule has 2 aromatic rings. The van der Waals surface area contributed by atoms with Crippen LogP contribution in [0.15, 0.2) is 48.7 Å². The molecule has 76 valence electrons. The van der Waals surface area contributed by atoms with E-state index < -0.39 is 0 Å². The molecule has 0 aliphatic carbocycles. The number of aromatic nitrogens is 1. The summed E-state index contributed by atoms with van der Waals surface area (Å²) in [5.74, 6) is 0.438. The zero-order valence-electron chi connectivity index (χ0n) is 9.14. The first-order valence-electron chi connectivity index (χ1n) is 5.25. The monoisotopic (exact) mass is 197 g/mol. The zero-order valence-corrected chi connectivity index (χ0v) is 9.14. The van der Waals surface area contributed by atoms with Gasteiger partial charge in [-0.2, -0.15) is 0 Å². The Labute approximate surface area is 90.8 Å². The second-order valence-corrected chi connectivity index (χ2v) is 3.86. The molecule has 0 fully saturated rings. The molecular weight excluding hydrogens is 182 g/mol. The third-order valence-electron chi connectivity index (χ3n) is 2.72. The van der Waals surface area contributed by atoms with Gasteiger partial charge < -0.3 is 0 Å². The van der Waals surface area contributed by atoms with Crippen molar-refractivity contribution >= 4 is 0 Å². The van der Waals surface area contributed by atoms with Crippen LogP contribution >= 0.6 is 0 Å². The van der Waals surface area contributed by atoms with Crippen LogP contribution in [0.3, 0.4) is 0 Å². The molecule has 0 saturated carbocycles. The van der Waals surface area contributed by atoms with Crippen LogP contribution in [0.4, 0.5) is 0 Å². The van der Waals surface area contributed by atoms with E-state index in [4.69, 9.17) is 0 Å². The number of nitrogens with zero attached hydrogens (tertiary/aromatic N) is 1. The van der Waals surface area contributed by atoms with Crippen molar-refractivity contribution in [1.82, 2.24) is 4.98 Å². The molecule has 1 nitrogen and oxygen atoms in total. The Bertz CT molecular complexity index is 434. The fraction of sp³-hybridized carbons (Fsp3) is 0.214. The largest absolute Gasteiger partial charge is 0.262 e. The van der Waals surface area contributed by atoms with Crippen LogP contribution in [0.5, 0.6) is 0 Å². The lowest BCUT2D eigenvalue weighted by molar-refractivity contribution is 0.912. The van der Waals surface area contributed by atoms with E-state index in [9.17, 15) is 0 Å². The molecule has 0 saturated heterocycles. The predicted octanol–water partition coefficient (Wildman–Crippen LogP) is 3.54. The number of pyridine rings is 1. The van der Waals surface area contributed by atoms with Crippen LogP contribution in [-0.4, -0.2) is 4.98 Å². The molecule has 1 unspecified atom stereocenters. The summed E-state index contributed by atoms with van der Waals surface area (Å²) in [6.45, 7) is 4.26. The summed E-state index contributed by atoms with van der Waals surface area (Å²) in [4.78, 5) is 4.22. The third-order valence-corrected chi connectivity index (χ3v) is 2.72. The van der Waals surface area contributed by atoms with Gasteiger partial charge in [0.25, 0.3) is 0 Å². The Hall–Kier alpha value is -1.63. The summed E-state index contributed by atoms with van der Waals surface area (Å²) in [5, 5.41) is 0. The highest BCUT2D eigenvalue weighted by molar-refractivity contribution is 5.31. The first-order chi connectivity index (χ1) is 7.27. The van der Waals surface area contributed by atoms with Gasteiger partial charge in [-0.1, -0.05) is 37.3 Å². The van der Waals surface area contributed by atoms with Gasteiger partial charge in [-0.25, -0.2) is 0 Å². The maximum Gasteiger partial charge on any atom is 0.0375 e. The highest BCUT2D eigenvalue weighted by Crippen LogP contribution is 2.23. The van der Waals surface area contributed by atoms with Crippen molar-refractivity contribution in [2.24, 2.45) is 0 Å². The summed E-state index contributed by atoms with van der Waals surface area (Å²) in [7, 11) is 0. The van der Waals surface area contributed by atoms with Gasteiger partial charge in [0.05, 0.1) is 0 Å². The van der Waals surface area contributed by atoms with E-state index >= 15 is 0 Å². The Morgan fingerprint density at radius 1 is 1.00 bits per heavy atom. The van der Waals surface area contributed by atoms with E-state index in [2.05, 4.69) is 48.3 Å². The fourth-order valence-corrected chi connectivity index (χ4v) is 1.77. The summed E-state index contributed by atoms with van der Waals surface area (Å²) < 4.78 is 0. The maximum absolute atomic E-state index is 4.22. The molecule has 15 heavy (non-hydrogen) atoms. The minimum Gasteiger partial charge on any atom is -0.262 e. The summed E-state index contributed by atoms with van der Waals surface area (Å²) >= 11 is 0. The van der Waals surface area contributed by atoms with Crippen molar-refractivity contribution in [2.75, 3.05) is 0 Å². The first kappa shape index (κ1) is 9.91. The standard InChI is InChI=1S/C14H15N/c1-11-10-14(8-9-15-11)12(2)13-6-4-3-5-7-13/h3-10,12H,1-2H3. The van der Waals surface area contributed by atoms with E-state index in [1.165, 1.54) is 11.1 Å². The molecule has 0 aliphatic rings. The quantitative estimate of drug-likeness (QED) is 0.717. The van der Waals surface area contributed by atoms with Gasteiger partial charge in [-0.05, 0) is 30.2 Å². The summed E-state index contributed by atoms with van der Waals surface area (Å²) in [6.07, 6.45) is 1.88. The van der Waals surface area contributed by atoms with E-state index in [0.717, 1.165) is 5.69 Å². The van der Waals surface area contributed by atoms with Crippen LogP contribution < -0.4 is 0 Å². The van der Waals surface area contributed by atoms with Crippen molar-refractivity contribution in [1.29, 1.82) is 0 Å². The average Bonchev–Trinajstić information content (AvgIpc) is 2.29. The number of hydrogen-bond acceptors (Lipinski definition) is 1. The normalized spacial score (nSPS) is 12.4. The molecule has 1 heteroatoms. The SMILES string of the molecule is Cc1cc(C(C)c2ccccc2)ccn1. The number of benzene rings is 1. The molecule has 0 amide bonds. The summed E-state index contributed by atoms with van der Waals surface area (Å²) in [6, 6.07) is 14.8. The molecule has 0 bridgehead atoms. The maximum atomic E-state index is 4.22. The Morgan fingerprint density at radius 2 is 1.73 bits per heavy atom. The van der Waals surface area contributed by atoms with Gasteiger partial charge in [0, 0.05) is 17.8 Å². The number of rotatable bonds is 2. The minimum absolute atomic E-state index is 0.438. The van der Waals surface area contributed by atoms with Crippen LogP contribution in [0, 0.1) is 6.92 Å². The Balaban J connectivity index is 2.32. The van der Waals surface area contributed by atoms with Gasteiger partial charge in [-0.3, -0.25) is 4.98 Å². The second kappa shape index (κ2) is 4.26. The zero-order chi connectivity index (χ0) is 10.7. The molecule has 1 aromatic carbocycles. The van der Waals surface area contributed by atoms with Crippen molar-refractivity contribution in [3.05, 3.63) is 65.5 Å². The first-order valence-corrected chi connectivity index (χ1v) is 5.25. The van der Waals surface area contributed by atoms with Crippen LogP contribution in [0.2, 0.25) is 0 Å². The third kappa shape index (κ3) is 2.24. The molecule has 1 aromatic heterocycles. The lowest BCUT2D eigenvalue weighted by atomic mass is 9.94. The van der Waals surface area contributed by atoms with Crippen molar-refractivity contribution < 1.29 is 0 Å². The molecule has 0 radical (unpaired) electrons. The van der Waals surface area contributed by atoms with Gasteiger partial charge in [-0.15, -0.1) is 0 Å². The van der Waals surface area contributed by atoms with Crippen LogP contribution in [-0.2, 0) is 0 Å². The second-order valence-electron chi connectivity index (χ2n) is 3.86. The minimum atomic E-state index is 0.438. The topological polar surface area (TPSA) is 12.9 Å². The smallest absolute Gasteiger partial charge is 0.0375 e. The van der Waals surface area contributed by atoms with Gasteiger partial charge >= 0.3 is 0 Å². The van der Waals surface area contributed by atoms with Gasteiger partial charge in [0.2, 0.25) is 0 Å². The highest BCUT2D eigenvalue weighted by atomic mass is 14.6. The molecule has 1 atom stereocenters. The predicted molar refractivity (Wildman–Crippen MR) is 62.9 cm³/mol. The lowest BCUT2D eigenvalue weighted by Gasteiger charge is -2.12. The van der Waals surface area contributed by atoms with Crippen molar-refractivity contribution in [2.45, 2.75) is 19.8 Å². The molecule has 0 N–H and O–H groups in total. The van der Waals surface area contributed by atoms with Gasteiger partial charge in [0.1, 0.15) is 0 Å². The van der Waals surface area contributed by atoms with E-state index in [1.807, 2.05) is 19.2 Å². The van der Waals surface area contributed by atoms with Crippen LogP contribution in [0.1, 0.15) is 29.7 Å². The molecule has 0 aliphatic heterocycles. The lowest BCUT2D eigenvalue weighted by Crippen LogP contribution is -1.96. The molecule has 1 heterocycles. The average molecular weight is 197 g/mol. The van der Waals surface area contributed by atoms with E-state index in [-0.39, 0.29) is 0 Å². The van der Waals surface area contributed by atoms with Crippen molar-refractivity contribution in [3.8, 4) is 0 Å². The van der Waals surface area contributed by atoms with Crippen molar-refractivity contribution in [3.63, 3.8) is 0 Å². The Morgan fingerprint density at radius 3 is 2.40 bits per heavy atom. The highest BCUT2D eigenvalue weighted by Gasteiger charge is 2.07. The molecule has 0 spiro atoms. The van der Waals surface area contributed by atoms with E-state index in [1.54, 1.807) is 0 Å². The van der Waals surface area contributed by atoms with E-state index in [0.29, 0.717) is 5.92 Å². The molecular formula is C14H15N. The number of hydrogen-bond donors (Lipinski definition) is 0. The Kier molecular flexibility index (Phi) is 2.82. The molecule has 2 rings (SSSR count). The fourth-order valence-electron chi connectivity index (χ4n) is 1.77. The van der Waals surface area contributed by atoms with Gasteiger partial charge in [0.15, 0.2) is 0 Å². The van der Waals surface area contributed by atoms with Crippen LogP contribution in [0.25, 0.3) is 0 Å².